The van der Waals surface area contributed by atoms with E-state index in [0.29, 0.717) is 18.8 Å². The van der Waals surface area contributed by atoms with Crippen molar-refractivity contribution in [2.45, 2.75) is 38.3 Å². The third-order valence-corrected chi connectivity index (χ3v) is 3.74. The molecule has 92 valence electrons. The predicted octanol–water partition coefficient (Wildman–Crippen LogP) is 0.689. The molecule has 0 saturated carbocycles. The molecule has 0 fully saturated rings. The van der Waals surface area contributed by atoms with E-state index in [4.69, 9.17) is 5.11 Å². The van der Waals surface area contributed by atoms with Crippen LogP contribution in [0.4, 0.5) is 0 Å². The zero-order valence-electron chi connectivity index (χ0n) is 9.60. The van der Waals surface area contributed by atoms with Crippen molar-refractivity contribution in [1.29, 1.82) is 0 Å². The van der Waals surface area contributed by atoms with E-state index in [2.05, 4.69) is 4.72 Å². The van der Waals surface area contributed by atoms with Crippen LogP contribution in [0.3, 0.4) is 0 Å². The Morgan fingerprint density at radius 3 is 2.56 bits per heavy atom. The molecule has 0 aliphatic rings. The highest BCUT2D eigenvalue weighted by molar-refractivity contribution is 7.89. The highest BCUT2D eigenvalue weighted by Crippen LogP contribution is 2.14. The van der Waals surface area contributed by atoms with Gasteiger partial charge in [-0.25, -0.2) is 13.1 Å². The Labute approximate surface area is 96.1 Å². The van der Waals surface area contributed by atoms with E-state index in [-0.39, 0.29) is 11.5 Å². The zero-order chi connectivity index (χ0) is 12.2. The Kier molecular flexibility index (Phi) is 4.52. The summed E-state index contributed by atoms with van der Waals surface area (Å²) >= 11 is 0. The van der Waals surface area contributed by atoms with Gasteiger partial charge in [-0.2, -0.15) is 0 Å². The van der Waals surface area contributed by atoms with Gasteiger partial charge in [-0.15, -0.1) is 0 Å². The van der Waals surface area contributed by atoms with Crippen molar-refractivity contribution in [2.24, 2.45) is 0 Å². The van der Waals surface area contributed by atoms with Gasteiger partial charge in [-0.05, 0) is 19.4 Å². The Hall–Kier alpha value is -0.850. The van der Waals surface area contributed by atoms with Crippen LogP contribution in [-0.2, 0) is 23.2 Å². The largest absolute Gasteiger partial charge is 0.390 e. The summed E-state index contributed by atoms with van der Waals surface area (Å²) in [5, 5.41) is 9.07. The van der Waals surface area contributed by atoms with E-state index in [9.17, 15) is 8.42 Å². The first-order valence-corrected chi connectivity index (χ1v) is 6.83. The maximum atomic E-state index is 11.8. The maximum absolute atomic E-state index is 11.8. The fourth-order valence-corrected chi connectivity index (χ4v) is 2.62. The van der Waals surface area contributed by atoms with Gasteiger partial charge in [0.1, 0.15) is 0 Å². The molecule has 1 rings (SSSR count). The summed E-state index contributed by atoms with van der Waals surface area (Å²) in [5.41, 5.74) is 0.611. The Morgan fingerprint density at radius 2 is 2.12 bits per heavy atom. The van der Waals surface area contributed by atoms with Crippen molar-refractivity contribution in [3.05, 3.63) is 18.0 Å². The molecule has 16 heavy (non-hydrogen) atoms. The lowest BCUT2D eigenvalue weighted by atomic mass is 10.4. The molecule has 0 radical (unpaired) electrons. The number of aliphatic hydroxyl groups is 1. The van der Waals surface area contributed by atoms with Crippen LogP contribution >= 0.6 is 0 Å². The monoisotopic (exact) mass is 246 g/mol. The standard InChI is InChI=1S/C10H18N2O3S/c1-3-5-11-16(14,15)10-6-9(8-13)12(4-2)7-10/h6-7,11,13H,3-5,8H2,1-2H3. The fourth-order valence-electron chi connectivity index (χ4n) is 1.42. The van der Waals surface area contributed by atoms with Gasteiger partial charge >= 0.3 is 0 Å². The average Bonchev–Trinajstić information content (AvgIpc) is 2.70. The normalized spacial score (nSPS) is 11.9. The number of aromatic nitrogens is 1. The van der Waals surface area contributed by atoms with E-state index in [1.165, 1.54) is 6.07 Å². The molecule has 0 aromatic carbocycles. The molecule has 6 heteroatoms. The minimum Gasteiger partial charge on any atom is -0.390 e. The SMILES string of the molecule is CCCNS(=O)(=O)c1cc(CO)n(CC)c1. The van der Waals surface area contributed by atoms with Crippen LogP contribution < -0.4 is 4.72 Å². The van der Waals surface area contributed by atoms with Gasteiger partial charge in [0.25, 0.3) is 0 Å². The van der Waals surface area contributed by atoms with Crippen LogP contribution in [0.5, 0.6) is 0 Å². The number of hydrogen-bond acceptors (Lipinski definition) is 3. The predicted molar refractivity (Wildman–Crippen MR) is 61.5 cm³/mol. The maximum Gasteiger partial charge on any atom is 0.242 e. The molecule has 1 aromatic heterocycles. The minimum absolute atomic E-state index is 0.156. The van der Waals surface area contributed by atoms with Crippen molar-refractivity contribution in [3.8, 4) is 0 Å². The topological polar surface area (TPSA) is 71.3 Å². The Bertz CT molecular complexity index is 415. The van der Waals surface area contributed by atoms with Crippen molar-refractivity contribution in [2.75, 3.05) is 6.54 Å². The van der Waals surface area contributed by atoms with Gasteiger partial charge in [0, 0.05) is 25.0 Å². The lowest BCUT2D eigenvalue weighted by Crippen LogP contribution is -2.23. The van der Waals surface area contributed by atoms with Gasteiger partial charge in [-0.3, -0.25) is 0 Å². The summed E-state index contributed by atoms with van der Waals surface area (Å²) in [5.74, 6) is 0. The second kappa shape index (κ2) is 5.47. The lowest BCUT2D eigenvalue weighted by molar-refractivity contribution is 0.271. The summed E-state index contributed by atoms with van der Waals surface area (Å²) in [4.78, 5) is 0.215. The molecule has 0 unspecified atom stereocenters. The fraction of sp³-hybridized carbons (Fsp3) is 0.600. The first-order valence-electron chi connectivity index (χ1n) is 5.34. The number of aliphatic hydroxyl groups excluding tert-OH is 1. The second-order valence-electron chi connectivity index (χ2n) is 3.51. The van der Waals surface area contributed by atoms with Crippen molar-refractivity contribution < 1.29 is 13.5 Å². The first kappa shape index (κ1) is 13.2. The molecular weight excluding hydrogens is 228 g/mol. The number of aryl methyl sites for hydroxylation is 1. The van der Waals surface area contributed by atoms with E-state index in [0.717, 1.165) is 6.42 Å². The molecule has 0 bridgehead atoms. The molecule has 0 aliphatic carbocycles. The molecule has 0 aliphatic heterocycles. The molecule has 0 atom stereocenters. The highest BCUT2D eigenvalue weighted by Gasteiger charge is 2.16. The third kappa shape index (κ3) is 2.84. The highest BCUT2D eigenvalue weighted by atomic mass is 32.2. The first-order chi connectivity index (χ1) is 7.55. The average molecular weight is 246 g/mol. The minimum atomic E-state index is -3.43. The van der Waals surface area contributed by atoms with Crippen LogP contribution in [0, 0.1) is 0 Å². The summed E-state index contributed by atoms with van der Waals surface area (Å²) in [6.45, 7) is 4.71. The molecule has 0 amide bonds. The van der Waals surface area contributed by atoms with E-state index < -0.39 is 10.0 Å². The van der Waals surface area contributed by atoms with Gasteiger partial charge < -0.3 is 9.67 Å². The molecule has 1 aromatic rings. The Balaban J connectivity index is 2.99. The van der Waals surface area contributed by atoms with Crippen molar-refractivity contribution >= 4 is 10.0 Å². The van der Waals surface area contributed by atoms with Crippen LogP contribution in [0.25, 0.3) is 0 Å². The van der Waals surface area contributed by atoms with E-state index in [1.54, 1.807) is 10.8 Å². The van der Waals surface area contributed by atoms with Crippen LogP contribution in [0.15, 0.2) is 17.2 Å². The van der Waals surface area contributed by atoms with Crippen LogP contribution in [0.2, 0.25) is 0 Å². The van der Waals surface area contributed by atoms with Gasteiger partial charge in [0.15, 0.2) is 0 Å². The molecule has 2 N–H and O–H groups in total. The van der Waals surface area contributed by atoms with Gasteiger partial charge in [0.05, 0.1) is 11.5 Å². The Morgan fingerprint density at radius 1 is 1.44 bits per heavy atom. The number of sulfonamides is 1. The van der Waals surface area contributed by atoms with E-state index >= 15 is 0 Å². The molecule has 0 spiro atoms. The van der Waals surface area contributed by atoms with Gasteiger partial charge in [0.2, 0.25) is 10.0 Å². The van der Waals surface area contributed by atoms with Gasteiger partial charge in [-0.1, -0.05) is 6.92 Å². The number of nitrogens with one attached hydrogen (secondary N) is 1. The molecule has 0 saturated heterocycles. The quantitative estimate of drug-likeness (QED) is 0.775. The summed E-state index contributed by atoms with van der Waals surface area (Å²) < 4.78 is 27.8. The molecular formula is C10H18N2O3S. The van der Waals surface area contributed by atoms with Crippen molar-refractivity contribution in [1.82, 2.24) is 9.29 Å². The number of rotatable bonds is 6. The lowest BCUT2D eigenvalue weighted by Gasteiger charge is -2.02. The number of hydrogen-bond donors (Lipinski definition) is 2. The van der Waals surface area contributed by atoms with Crippen molar-refractivity contribution in [3.63, 3.8) is 0 Å². The second-order valence-corrected chi connectivity index (χ2v) is 5.28. The van der Waals surface area contributed by atoms with Crippen LogP contribution in [0.1, 0.15) is 26.0 Å². The summed E-state index contributed by atoms with van der Waals surface area (Å²) in [6, 6.07) is 1.50. The zero-order valence-corrected chi connectivity index (χ0v) is 10.4. The van der Waals surface area contributed by atoms with Crippen LogP contribution in [-0.4, -0.2) is 24.6 Å². The summed E-state index contributed by atoms with van der Waals surface area (Å²) in [6.07, 6.45) is 2.30. The number of nitrogens with zero attached hydrogens (tertiary/aromatic N) is 1. The molecule has 5 nitrogen and oxygen atoms in total. The summed E-state index contributed by atoms with van der Waals surface area (Å²) in [7, 11) is -3.43. The molecule has 1 heterocycles. The third-order valence-electron chi connectivity index (χ3n) is 2.32. The van der Waals surface area contributed by atoms with E-state index in [1.807, 2.05) is 13.8 Å². The smallest absolute Gasteiger partial charge is 0.242 e.